The van der Waals surface area contributed by atoms with Crippen LogP contribution in [0.1, 0.15) is 23.3 Å². The number of carbonyl (C=O) groups is 3. The highest BCUT2D eigenvalue weighted by Crippen LogP contribution is 2.18. The maximum absolute atomic E-state index is 10.3. The highest BCUT2D eigenvalue weighted by Gasteiger charge is 2.40. The van der Waals surface area contributed by atoms with Gasteiger partial charge in [0.05, 0.1) is 26.6 Å². The largest absolute Gasteiger partial charge is 0.497 e. The van der Waals surface area contributed by atoms with E-state index in [1.165, 1.54) is 10.4 Å². The predicted molar refractivity (Wildman–Crippen MR) is 116 cm³/mol. The number of ether oxygens (including phenoxy) is 1. The number of hydrogen-bond acceptors (Lipinski definition) is 8. The highest BCUT2D eigenvalue weighted by atomic mass is 32.1. The molecule has 0 amide bonds. The third-order valence-corrected chi connectivity index (χ3v) is 5.06. The lowest BCUT2D eigenvalue weighted by atomic mass is 9.96. The molecule has 2 aromatic rings. The van der Waals surface area contributed by atoms with Crippen LogP contribution in [0.5, 0.6) is 5.75 Å². The van der Waals surface area contributed by atoms with Crippen molar-refractivity contribution in [2.24, 2.45) is 0 Å². The summed E-state index contributed by atoms with van der Waals surface area (Å²) in [6, 6.07) is 12.2. The molecule has 0 saturated heterocycles. The van der Waals surface area contributed by atoms with Crippen LogP contribution in [0.4, 0.5) is 0 Å². The summed E-state index contributed by atoms with van der Waals surface area (Å²) in [5.41, 5.74) is -1.54. The highest BCUT2D eigenvalue weighted by molar-refractivity contribution is 7.09. The van der Waals surface area contributed by atoms with Crippen molar-refractivity contribution < 1.29 is 44.7 Å². The summed E-state index contributed by atoms with van der Waals surface area (Å²) in [4.78, 5) is 34.0. The minimum Gasteiger partial charge on any atom is -0.497 e. The van der Waals surface area contributed by atoms with Gasteiger partial charge in [0.2, 0.25) is 0 Å². The van der Waals surface area contributed by atoms with E-state index < -0.39 is 36.4 Å². The zero-order chi connectivity index (χ0) is 24.1. The molecule has 11 heteroatoms. The molecule has 1 heterocycles. The van der Waals surface area contributed by atoms with Gasteiger partial charge in [-0.25, -0.2) is 4.79 Å². The Bertz CT molecular complexity index is 854. The van der Waals surface area contributed by atoms with Gasteiger partial charge in [-0.2, -0.15) is 0 Å². The number of nitrogens with zero attached hydrogens (tertiary/aromatic N) is 1. The number of rotatable bonds is 12. The molecule has 10 nitrogen and oxygen atoms in total. The van der Waals surface area contributed by atoms with E-state index in [-0.39, 0.29) is 6.61 Å². The predicted octanol–water partition coefficient (Wildman–Crippen LogP) is 1.50. The molecule has 32 heavy (non-hydrogen) atoms. The Morgan fingerprint density at radius 3 is 2.16 bits per heavy atom. The van der Waals surface area contributed by atoms with E-state index in [1.807, 2.05) is 18.2 Å². The molecule has 176 valence electrons. The molecule has 1 aromatic carbocycles. The first-order chi connectivity index (χ1) is 15.1. The molecule has 0 saturated carbocycles. The minimum atomic E-state index is -2.74. The monoisotopic (exact) mass is 469 g/mol. The van der Waals surface area contributed by atoms with Crippen LogP contribution in [-0.2, 0) is 27.5 Å². The molecule has 0 aliphatic rings. The van der Waals surface area contributed by atoms with Gasteiger partial charge in [0.25, 0.3) is 0 Å². The average Bonchev–Trinajstić information content (AvgIpc) is 3.20. The summed E-state index contributed by atoms with van der Waals surface area (Å²) in [5.74, 6) is -4.15. The Balaban J connectivity index is 0.000000347. The van der Waals surface area contributed by atoms with Crippen molar-refractivity contribution in [3.8, 4) is 5.75 Å². The lowest BCUT2D eigenvalue weighted by Gasteiger charge is -2.20. The van der Waals surface area contributed by atoms with Crippen molar-refractivity contribution >= 4 is 29.2 Å². The summed E-state index contributed by atoms with van der Waals surface area (Å²) in [5, 5.41) is 45.1. The fourth-order valence-corrected chi connectivity index (χ4v) is 3.47. The minimum absolute atomic E-state index is 0.176. The molecule has 0 atom stereocenters. The van der Waals surface area contributed by atoms with Crippen molar-refractivity contribution in [2.45, 2.75) is 31.5 Å². The molecule has 5 N–H and O–H groups in total. The molecule has 0 spiro atoms. The van der Waals surface area contributed by atoms with E-state index in [9.17, 15) is 19.5 Å². The number of methoxy groups -OCH3 is 1. The van der Waals surface area contributed by atoms with E-state index in [0.29, 0.717) is 6.54 Å². The summed E-state index contributed by atoms with van der Waals surface area (Å²) < 4.78 is 5.24. The van der Waals surface area contributed by atoms with Gasteiger partial charge in [0.1, 0.15) is 5.75 Å². The van der Waals surface area contributed by atoms with Gasteiger partial charge < -0.3 is 30.3 Å². The van der Waals surface area contributed by atoms with Crippen LogP contribution in [-0.4, -0.2) is 74.2 Å². The second kappa shape index (κ2) is 13.4. The second-order valence-electron chi connectivity index (χ2n) is 6.84. The number of aliphatic hydroxyl groups excluding tert-OH is 1. The Labute approximate surface area is 188 Å². The van der Waals surface area contributed by atoms with E-state index in [0.717, 1.165) is 18.8 Å². The molecular weight excluding hydrogens is 442 g/mol. The summed E-state index contributed by atoms with van der Waals surface area (Å²) in [6.45, 7) is 2.54. The van der Waals surface area contributed by atoms with Crippen LogP contribution in [0.2, 0.25) is 0 Å². The third kappa shape index (κ3) is 9.88. The number of hydrogen-bond donors (Lipinski definition) is 5. The normalized spacial score (nSPS) is 10.9. The number of benzene rings is 1. The molecule has 0 aliphatic heterocycles. The first-order valence-corrected chi connectivity index (χ1v) is 10.4. The van der Waals surface area contributed by atoms with Gasteiger partial charge in [-0.05, 0) is 29.1 Å². The van der Waals surface area contributed by atoms with Gasteiger partial charge in [-0.3, -0.25) is 14.5 Å². The van der Waals surface area contributed by atoms with Gasteiger partial charge in [0, 0.05) is 24.5 Å². The van der Waals surface area contributed by atoms with Crippen molar-refractivity contribution in [1.29, 1.82) is 0 Å². The Morgan fingerprint density at radius 1 is 1.03 bits per heavy atom. The van der Waals surface area contributed by atoms with Crippen molar-refractivity contribution in [3.05, 3.63) is 52.2 Å². The SMILES string of the molecule is COc1cccc(CN(CCO)Cc2cccs2)c1.O=C(O)CC(O)(CC(=O)O)C(=O)O. The van der Waals surface area contributed by atoms with Crippen molar-refractivity contribution in [1.82, 2.24) is 4.90 Å². The molecule has 0 unspecified atom stereocenters. The summed E-state index contributed by atoms with van der Waals surface area (Å²) >= 11 is 1.75. The second-order valence-corrected chi connectivity index (χ2v) is 7.88. The van der Waals surface area contributed by atoms with Crippen LogP contribution in [0.3, 0.4) is 0 Å². The smallest absolute Gasteiger partial charge is 0.336 e. The van der Waals surface area contributed by atoms with E-state index in [4.69, 9.17) is 25.2 Å². The lowest BCUT2D eigenvalue weighted by molar-refractivity contribution is -0.170. The zero-order valence-corrected chi connectivity index (χ0v) is 18.3. The zero-order valence-electron chi connectivity index (χ0n) is 17.5. The van der Waals surface area contributed by atoms with E-state index in [2.05, 4.69) is 28.5 Å². The summed E-state index contributed by atoms with van der Waals surface area (Å²) in [6.07, 6.45) is -2.29. The Morgan fingerprint density at radius 2 is 1.69 bits per heavy atom. The quantitative estimate of drug-likeness (QED) is 0.308. The van der Waals surface area contributed by atoms with Crippen LogP contribution in [0, 0.1) is 0 Å². The third-order valence-electron chi connectivity index (χ3n) is 4.20. The van der Waals surface area contributed by atoms with Crippen molar-refractivity contribution in [3.63, 3.8) is 0 Å². The first-order valence-electron chi connectivity index (χ1n) is 9.47. The molecular formula is C21H27NO9S. The Hall–Kier alpha value is -2.99. The van der Waals surface area contributed by atoms with Crippen LogP contribution < -0.4 is 4.74 Å². The fraction of sp³-hybridized carbons (Fsp3) is 0.381. The van der Waals surface area contributed by atoms with Gasteiger partial charge in [-0.15, -0.1) is 11.3 Å². The summed E-state index contributed by atoms with van der Waals surface area (Å²) in [7, 11) is 1.68. The number of carboxylic acid groups (broad SMARTS) is 3. The van der Waals surface area contributed by atoms with Crippen LogP contribution >= 0.6 is 11.3 Å². The van der Waals surface area contributed by atoms with Gasteiger partial charge >= 0.3 is 17.9 Å². The molecule has 0 bridgehead atoms. The Kier molecular flexibility index (Phi) is 11.3. The van der Waals surface area contributed by atoms with Crippen molar-refractivity contribution in [2.75, 3.05) is 20.3 Å². The first kappa shape index (κ1) is 27.0. The molecule has 1 aromatic heterocycles. The standard InChI is InChI=1S/C15H19NO2S.C6H8O7/c1-18-14-5-2-4-13(10-14)11-16(7-8-17)12-15-6-3-9-19-15;7-3(8)1-6(13,5(11)12)2-4(9)10/h2-6,9-10,17H,7-8,11-12H2,1H3;13H,1-2H2,(H,7,8)(H,9,10)(H,11,12). The molecule has 0 fully saturated rings. The van der Waals surface area contributed by atoms with Crippen LogP contribution in [0.25, 0.3) is 0 Å². The topological polar surface area (TPSA) is 165 Å². The molecule has 0 radical (unpaired) electrons. The lowest BCUT2D eigenvalue weighted by Crippen LogP contribution is -2.42. The maximum Gasteiger partial charge on any atom is 0.336 e. The molecule has 2 rings (SSSR count). The van der Waals surface area contributed by atoms with E-state index >= 15 is 0 Å². The van der Waals surface area contributed by atoms with Crippen LogP contribution in [0.15, 0.2) is 41.8 Å². The number of carboxylic acids is 3. The molecule has 0 aliphatic carbocycles. The number of thiophene rings is 1. The fourth-order valence-electron chi connectivity index (χ4n) is 2.72. The van der Waals surface area contributed by atoms with Gasteiger partial charge in [0.15, 0.2) is 5.60 Å². The van der Waals surface area contributed by atoms with Gasteiger partial charge in [-0.1, -0.05) is 18.2 Å². The average molecular weight is 470 g/mol. The maximum atomic E-state index is 10.3. The number of aliphatic carboxylic acids is 3. The number of aliphatic hydroxyl groups is 2. The van der Waals surface area contributed by atoms with E-state index in [1.54, 1.807) is 18.4 Å².